The third-order valence-electron chi connectivity index (χ3n) is 13.5. The lowest BCUT2D eigenvalue weighted by atomic mass is 9.98. The summed E-state index contributed by atoms with van der Waals surface area (Å²) < 4.78 is 54.8. The van der Waals surface area contributed by atoms with Crippen LogP contribution in [0, 0.1) is 31.3 Å². The first-order valence-corrected chi connectivity index (χ1v) is 27.4. The molecule has 0 saturated carbocycles. The molecule has 0 atom stereocenters. The molecule has 0 aliphatic carbocycles. The van der Waals surface area contributed by atoms with Crippen molar-refractivity contribution in [3.05, 3.63) is 245 Å². The van der Waals surface area contributed by atoms with Gasteiger partial charge in [-0.15, -0.1) is 0 Å². The second-order valence-corrected chi connectivity index (χ2v) is 20.0. The normalized spacial score (nSPS) is 10.4. The van der Waals surface area contributed by atoms with E-state index < -0.39 is 46.6 Å². The van der Waals surface area contributed by atoms with Crippen molar-refractivity contribution in [2.75, 3.05) is 11.5 Å². The molecule has 0 fully saturated rings. The molecule has 0 aliphatic rings. The first-order valence-electron chi connectivity index (χ1n) is 27.0. The zero-order chi connectivity index (χ0) is 66.3. The quantitative estimate of drug-likeness (QED) is 0.0320. The van der Waals surface area contributed by atoms with Gasteiger partial charge in [0.15, 0.2) is 45.9 Å². The summed E-state index contributed by atoms with van der Waals surface area (Å²) in [5.41, 5.74) is 30.9. The zero-order valence-corrected chi connectivity index (χ0v) is 49.9. The minimum absolute atomic E-state index is 0.00539. The molecular weight excluding hydrogens is 1190 g/mol. The molecule has 5 aromatic carbocycles. The number of aryl methyl sites for hydroxylation is 4. The Balaban J connectivity index is 0.000000197. The highest BCUT2D eigenvalue weighted by Gasteiger charge is 2.22. The molecule has 464 valence electrons. The number of phenolic OH excluding ortho intramolecular Hbond substituents is 1. The minimum atomic E-state index is -1.17. The number of pyridine rings is 5. The molecule has 12 N–H and O–H groups in total. The highest BCUT2D eigenvalue weighted by Crippen LogP contribution is 2.28. The standard InChI is InChI=1S/C27H24FN3O4.C14H15NO3.C12H10FN3O2.C6H5ClN2O.C6H6FNO/c1-4-16-5-7-22-19(11-16)26(33)25(15(2)31(22)3)23(32)13-17-6-8-24(20(28)12-17)35-18-9-10-30-21(14-18)27(29)34;1-4-9-5-6-11-10(7-9)13(16)12(14(17)18)8(2)15(11)3;13-9-5-7(14)1-2-11(9)18-8-3-4-16-10(6-8)12(15)17;7-4-1-2-9-5(3-4)6(8)10;7-5-3-4(8)1-2-6(5)9/h5-12,14H,4,13H2,1-3H3,(H2,29,34);5-7H,4H2,1-3H3,(H,17,18);1-6H,14H2,(H2,15,17);1-3H,(H2,8,10);1-3,9H,8H2. The number of ketones is 1. The number of aromatic hydroxyl groups is 1. The van der Waals surface area contributed by atoms with Crippen LogP contribution in [-0.4, -0.2) is 63.8 Å². The molecule has 10 aromatic rings. The van der Waals surface area contributed by atoms with E-state index in [1.165, 1.54) is 85.3 Å². The maximum Gasteiger partial charge on any atom is 0.341 e. The number of rotatable bonds is 13. The molecule has 0 aliphatic heterocycles. The number of phenols is 1. The van der Waals surface area contributed by atoms with Crippen molar-refractivity contribution >= 4 is 74.3 Å². The molecule has 25 heteroatoms. The van der Waals surface area contributed by atoms with Gasteiger partial charge in [-0.05, 0) is 128 Å². The van der Waals surface area contributed by atoms with Crippen molar-refractivity contribution in [2.45, 2.75) is 47.0 Å². The number of carboxylic acids is 1. The molecule has 3 amide bonds. The van der Waals surface area contributed by atoms with E-state index in [1.54, 1.807) is 43.7 Å². The summed E-state index contributed by atoms with van der Waals surface area (Å²) >= 11 is 5.54. The van der Waals surface area contributed by atoms with Crippen molar-refractivity contribution in [1.82, 2.24) is 24.1 Å². The van der Waals surface area contributed by atoms with Crippen LogP contribution in [0.25, 0.3) is 21.8 Å². The fourth-order valence-corrected chi connectivity index (χ4v) is 8.74. The van der Waals surface area contributed by atoms with E-state index in [9.17, 15) is 46.7 Å². The summed E-state index contributed by atoms with van der Waals surface area (Å²) in [6.07, 6.45) is 5.55. The van der Waals surface area contributed by atoms with Crippen LogP contribution in [0.2, 0.25) is 5.02 Å². The molecule has 5 heterocycles. The number of nitrogens with two attached hydrogens (primary N) is 5. The Morgan fingerprint density at radius 3 is 1.36 bits per heavy atom. The number of Topliss-reactive ketones (excluding diaryl/α,β-unsaturated/α-hetero) is 1. The van der Waals surface area contributed by atoms with Gasteiger partial charge in [0.25, 0.3) is 17.7 Å². The fraction of sp³-hybridized carbons (Fsp3) is 0.138. The number of carbonyl (C=O) groups excluding carboxylic acids is 4. The smallest absolute Gasteiger partial charge is 0.341 e. The van der Waals surface area contributed by atoms with E-state index in [2.05, 4.69) is 15.0 Å². The average Bonchev–Trinajstić information content (AvgIpc) is 0.887. The van der Waals surface area contributed by atoms with Crippen LogP contribution in [0.3, 0.4) is 0 Å². The number of nitrogen functional groups attached to an aromatic ring is 2. The molecule has 21 nitrogen and oxygen atoms in total. The van der Waals surface area contributed by atoms with Gasteiger partial charge < -0.3 is 57.5 Å². The lowest BCUT2D eigenvalue weighted by Crippen LogP contribution is -2.23. The lowest BCUT2D eigenvalue weighted by Gasteiger charge is -2.15. The molecule has 5 aromatic heterocycles. The molecule has 0 saturated heterocycles. The van der Waals surface area contributed by atoms with Crippen LogP contribution in [0.1, 0.15) is 94.1 Å². The summed E-state index contributed by atoms with van der Waals surface area (Å²) in [6.45, 7) is 7.38. The van der Waals surface area contributed by atoms with Crippen LogP contribution in [0.4, 0.5) is 24.5 Å². The van der Waals surface area contributed by atoms with Crippen LogP contribution < -0.4 is 49.0 Å². The molecule has 0 bridgehead atoms. The Morgan fingerprint density at radius 2 is 0.944 bits per heavy atom. The number of amides is 3. The summed E-state index contributed by atoms with van der Waals surface area (Å²) in [6, 6.07) is 31.8. The average molecular weight is 1250 g/mol. The topological polar surface area (TPSA) is 357 Å². The first-order chi connectivity index (χ1) is 42.6. The number of hydrogen-bond acceptors (Lipinski definition) is 15. The Bertz CT molecular complexity index is 4520. The number of aromatic carboxylic acids is 1. The summed E-state index contributed by atoms with van der Waals surface area (Å²) in [5.74, 6) is -5.50. The van der Waals surface area contributed by atoms with Gasteiger partial charge in [0, 0.05) is 102 Å². The minimum Gasteiger partial charge on any atom is -0.505 e. The van der Waals surface area contributed by atoms with Crippen LogP contribution in [0.5, 0.6) is 28.7 Å². The third-order valence-corrected chi connectivity index (χ3v) is 13.7. The number of fused-ring (bicyclic) bond motifs is 2. The van der Waals surface area contributed by atoms with Crippen LogP contribution in [0.15, 0.2) is 156 Å². The zero-order valence-electron chi connectivity index (χ0n) is 49.2. The highest BCUT2D eigenvalue weighted by molar-refractivity contribution is 6.30. The Hall–Kier alpha value is -11.4. The number of halogens is 4. The van der Waals surface area contributed by atoms with E-state index in [4.69, 9.17) is 60.0 Å². The van der Waals surface area contributed by atoms with Crippen molar-refractivity contribution in [1.29, 1.82) is 0 Å². The largest absolute Gasteiger partial charge is 0.505 e. The van der Waals surface area contributed by atoms with Gasteiger partial charge in [-0.2, -0.15) is 0 Å². The number of ether oxygens (including phenoxy) is 2. The summed E-state index contributed by atoms with van der Waals surface area (Å²) in [5, 5.41) is 19.2. The van der Waals surface area contributed by atoms with Crippen molar-refractivity contribution in [2.24, 2.45) is 31.3 Å². The van der Waals surface area contributed by atoms with Crippen molar-refractivity contribution in [3.63, 3.8) is 0 Å². The molecule has 0 unspecified atom stereocenters. The second-order valence-electron chi connectivity index (χ2n) is 19.6. The Morgan fingerprint density at radius 1 is 0.533 bits per heavy atom. The van der Waals surface area contributed by atoms with E-state index in [0.717, 1.165) is 47.1 Å². The molecule has 0 spiro atoms. The predicted molar refractivity (Wildman–Crippen MR) is 335 cm³/mol. The van der Waals surface area contributed by atoms with Gasteiger partial charge in [-0.25, -0.2) is 18.0 Å². The number of nitrogens with zero attached hydrogens (tertiary/aromatic N) is 5. The van der Waals surface area contributed by atoms with Gasteiger partial charge in [-0.3, -0.25) is 43.7 Å². The van der Waals surface area contributed by atoms with E-state index in [-0.39, 0.29) is 74.6 Å². The molecule has 10 rings (SSSR count). The lowest BCUT2D eigenvalue weighted by molar-refractivity contribution is 0.0692. The van der Waals surface area contributed by atoms with E-state index in [1.807, 2.05) is 55.8 Å². The van der Waals surface area contributed by atoms with Gasteiger partial charge >= 0.3 is 5.97 Å². The molecular formula is C65H60ClF3N10O11. The number of benzene rings is 5. The maximum absolute atomic E-state index is 14.8. The van der Waals surface area contributed by atoms with Gasteiger partial charge in [0.1, 0.15) is 34.1 Å². The monoisotopic (exact) mass is 1250 g/mol. The van der Waals surface area contributed by atoms with Gasteiger partial charge in [0.2, 0.25) is 5.43 Å². The van der Waals surface area contributed by atoms with Crippen molar-refractivity contribution in [3.8, 4) is 28.7 Å². The number of carboxylic acid groups (broad SMARTS) is 1. The fourth-order valence-electron chi connectivity index (χ4n) is 8.58. The number of anilines is 2. The first kappa shape index (κ1) is 67.7. The highest BCUT2D eigenvalue weighted by atomic mass is 35.5. The Labute approximate surface area is 516 Å². The number of hydrogen-bond donors (Lipinski definition) is 7. The summed E-state index contributed by atoms with van der Waals surface area (Å²) in [7, 11) is 3.59. The SMILES string of the molecule is CCc1ccc2c(c1)c(=O)c(C(=O)Cc1ccc(Oc3ccnc(C(N)=O)c3)c(F)c1)c(C)n2C.CCc1ccc2c(c1)c(=O)c(C(=O)O)c(C)n2C.NC(=O)c1cc(Cl)ccn1.NC(=O)c1cc(Oc2ccc(N)cc2F)ccn1.Nc1ccc(O)c(F)c1. The van der Waals surface area contributed by atoms with E-state index >= 15 is 0 Å². The number of carbonyl (C=O) groups is 5. The Kier molecular flexibility index (Phi) is 22.8. The third kappa shape index (κ3) is 17.2. The second kappa shape index (κ2) is 30.3. The van der Waals surface area contributed by atoms with Gasteiger partial charge in [-0.1, -0.05) is 43.6 Å². The molecule has 0 radical (unpaired) electrons. The van der Waals surface area contributed by atoms with Crippen molar-refractivity contribution < 1.29 is 56.8 Å². The maximum atomic E-state index is 14.8. The number of primary amides is 3. The molecule has 90 heavy (non-hydrogen) atoms. The van der Waals surface area contributed by atoms with Crippen LogP contribution in [-0.2, 0) is 33.4 Å². The van der Waals surface area contributed by atoms with E-state index in [0.29, 0.717) is 44.1 Å². The van der Waals surface area contributed by atoms with Gasteiger partial charge in [0.05, 0.1) is 16.6 Å². The van der Waals surface area contributed by atoms with Crippen LogP contribution >= 0.6 is 11.6 Å². The summed E-state index contributed by atoms with van der Waals surface area (Å²) in [4.78, 5) is 93.7. The number of aromatic nitrogens is 5. The predicted octanol–water partition coefficient (Wildman–Crippen LogP) is 10.0.